The van der Waals surface area contributed by atoms with Gasteiger partial charge in [-0.2, -0.15) is 0 Å². The Labute approximate surface area is 168 Å². The van der Waals surface area contributed by atoms with E-state index in [0.717, 1.165) is 26.2 Å². The third-order valence-corrected chi connectivity index (χ3v) is 3.08. The molecule has 0 fully saturated rings. The zero-order valence-electron chi connectivity index (χ0n) is 11.6. The van der Waals surface area contributed by atoms with E-state index in [-0.39, 0.29) is 48.1 Å². The Morgan fingerprint density at radius 2 is 0.895 bits per heavy atom. The van der Waals surface area contributed by atoms with E-state index in [1.54, 1.807) is 0 Å². The molecular weight excluding hydrogens is 436 g/mol. The Morgan fingerprint density at radius 1 is 0.737 bits per heavy atom. The monoisotopic (exact) mass is 458 g/mol. The van der Waals surface area contributed by atoms with Crippen LogP contribution in [0.5, 0.6) is 0 Å². The second-order valence-corrected chi connectivity index (χ2v) is 4.94. The van der Waals surface area contributed by atoms with Crippen LogP contribution in [0, 0.1) is 0 Å². The third-order valence-electron chi connectivity index (χ3n) is 2.04. The van der Waals surface area contributed by atoms with Crippen molar-refractivity contribution >= 4 is 85.3 Å². The molecule has 0 saturated heterocycles. The molecule has 19 heavy (non-hydrogen) atoms. The van der Waals surface area contributed by atoms with Crippen LogP contribution in [0.4, 0.5) is 0 Å². The van der Waals surface area contributed by atoms with Crippen LogP contribution < -0.4 is 0 Å². The normalized spacial score (nSPS) is 7.37. The summed E-state index contributed by atoms with van der Waals surface area (Å²) in [6.07, 6.45) is 0. The van der Waals surface area contributed by atoms with Crippen molar-refractivity contribution in [2.24, 2.45) is 0 Å². The minimum Gasteiger partial charge on any atom is -2.00 e. The first-order chi connectivity index (χ1) is 7.44. The molecule has 0 unspecified atom stereocenters. The minimum absolute atomic E-state index is 0. The summed E-state index contributed by atoms with van der Waals surface area (Å²) in [5.41, 5.74) is 0. The molecule has 2 nitrogen and oxygen atoms in total. The molecule has 0 aromatic rings. The molecule has 0 atom stereocenters. The van der Waals surface area contributed by atoms with Crippen molar-refractivity contribution in [1.82, 2.24) is 9.80 Å². The summed E-state index contributed by atoms with van der Waals surface area (Å²) in [6.45, 7) is 11.9. The molecule has 0 spiro atoms. The molecule has 0 aromatic heterocycles. The van der Waals surface area contributed by atoms with Crippen LogP contribution in [-0.4, -0.2) is 44.6 Å². The number of nitrogens with zero attached hydrogens (tertiary/aromatic N) is 2. The predicted molar refractivity (Wildman–Crippen MR) is 100 cm³/mol. The van der Waals surface area contributed by atoms with Gasteiger partial charge in [-0.15, -0.1) is 0 Å². The quantitative estimate of drug-likeness (QED) is 0.361. The van der Waals surface area contributed by atoms with Gasteiger partial charge in [-0.1, -0.05) is 8.64 Å². The molecule has 112 valence electrons. The number of rotatable bonds is 4. The fourth-order valence-electron chi connectivity index (χ4n) is 0.964. The van der Waals surface area contributed by atoms with Crippen molar-refractivity contribution in [3.8, 4) is 0 Å². The van der Waals surface area contributed by atoms with Gasteiger partial charge in [-0.25, -0.2) is 0 Å². The van der Waals surface area contributed by atoms with Gasteiger partial charge in [0.15, 0.2) is 0 Å². The first-order valence-corrected chi connectivity index (χ1v) is 6.99. The summed E-state index contributed by atoms with van der Waals surface area (Å²) >= 11 is 19.0. The maximum atomic E-state index is 4.76. The van der Waals surface area contributed by atoms with Crippen LogP contribution in [0.2, 0.25) is 0 Å². The molecule has 0 aromatic carbocycles. The molecule has 0 bridgehead atoms. The smallest absolute Gasteiger partial charge is 2.00 e. The van der Waals surface area contributed by atoms with Gasteiger partial charge in [0, 0.05) is 26.2 Å². The Kier molecular flexibility index (Phi) is 37.5. The van der Waals surface area contributed by atoms with E-state index in [0.29, 0.717) is 8.64 Å². The SMILES string of the molecule is CCN(CC)C(=S)[S-].CCN(CC)C(=S)[S-].[Mo+6].[S-2].[S-2]. The molecule has 0 rings (SSSR count). The molecule has 0 N–H and O–H groups in total. The molecule has 0 heterocycles. The second kappa shape index (κ2) is 21.9. The number of thiocarbonyl (C=S) groups is 2. The first-order valence-electron chi connectivity index (χ1n) is 5.36. The minimum atomic E-state index is 0. The fourth-order valence-corrected chi connectivity index (χ4v) is 2.00. The van der Waals surface area contributed by atoms with Gasteiger partial charge >= 0.3 is 21.1 Å². The maximum Gasteiger partial charge on any atom is 6.00 e. The van der Waals surface area contributed by atoms with Crippen LogP contribution in [0.3, 0.4) is 0 Å². The van der Waals surface area contributed by atoms with Crippen molar-refractivity contribution in [2.45, 2.75) is 27.7 Å². The van der Waals surface area contributed by atoms with Gasteiger partial charge in [0.25, 0.3) is 0 Å². The molecular formula is C10H20MoN2S6. The Bertz CT molecular complexity index is 188. The van der Waals surface area contributed by atoms with Crippen molar-refractivity contribution in [3.05, 3.63) is 0 Å². The molecule has 0 aliphatic carbocycles. The topological polar surface area (TPSA) is 6.48 Å². The Balaban J connectivity index is -0.0000000594. The van der Waals surface area contributed by atoms with Crippen molar-refractivity contribution in [2.75, 3.05) is 26.2 Å². The van der Waals surface area contributed by atoms with E-state index in [1.165, 1.54) is 0 Å². The van der Waals surface area contributed by atoms with Gasteiger partial charge in [0.1, 0.15) is 0 Å². The van der Waals surface area contributed by atoms with Crippen LogP contribution in [-0.2, 0) is 73.3 Å². The largest absolute Gasteiger partial charge is 6.00 e. The summed E-state index contributed by atoms with van der Waals surface area (Å²) in [4.78, 5) is 3.93. The summed E-state index contributed by atoms with van der Waals surface area (Å²) in [7, 11) is 0. The Hall–Kier alpha value is 1.61. The van der Waals surface area contributed by atoms with E-state index in [2.05, 4.69) is 0 Å². The van der Waals surface area contributed by atoms with Crippen molar-refractivity contribution in [1.29, 1.82) is 0 Å². The maximum absolute atomic E-state index is 4.76. The van der Waals surface area contributed by atoms with Crippen LogP contribution in [0.1, 0.15) is 27.7 Å². The number of hydrogen-bond donors (Lipinski definition) is 0. The molecule has 0 radical (unpaired) electrons. The van der Waals surface area contributed by atoms with Gasteiger partial charge in [-0.05, 0) is 27.7 Å². The second-order valence-electron chi connectivity index (χ2n) is 2.88. The molecule has 9 heteroatoms. The number of hydrogen-bond acceptors (Lipinski definition) is 4. The van der Waals surface area contributed by atoms with Gasteiger partial charge in [-0.3, -0.25) is 0 Å². The Morgan fingerprint density at radius 3 is 0.895 bits per heavy atom. The first kappa shape index (κ1) is 32.5. The average Bonchev–Trinajstić information content (AvgIpc) is 2.21. The summed E-state index contributed by atoms with van der Waals surface area (Å²) < 4.78 is 1.16. The van der Waals surface area contributed by atoms with Crippen LogP contribution in [0.15, 0.2) is 0 Å². The molecule has 0 amide bonds. The third kappa shape index (κ3) is 19.6. The van der Waals surface area contributed by atoms with E-state index in [4.69, 9.17) is 49.7 Å². The van der Waals surface area contributed by atoms with E-state index in [9.17, 15) is 0 Å². The molecule has 0 saturated carbocycles. The van der Waals surface area contributed by atoms with Gasteiger partial charge < -0.3 is 86.5 Å². The standard InChI is InChI=1S/2C5H11NS2.Mo.2S/c2*1-3-6(4-2)5(7)8;;;/h2*3-4H2,1-2H3,(H,7,8);;;/q;;+6;2*-2/p-2. The molecule has 0 aliphatic heterocycles. The van der Waals surface area contributed by atoms with E-state index in [1.807, 2.05) is 37.5 Å². The molecule has 0 aliphatic rings. The van der Waals surface area contributed by atoms with Crippen LogP contribution in [0.25, 0.3) is 0 Å². The zero-order chi connectivity index (χ0) is 13.1. The average molecular weight is 457 g/mol. The zero-order valence-corrected chi connectivity index (χ0v) is 18.5. The summed E-state index contributed by atoms with van der Waals surface area (Å²) in [5.74, 6) is 0. The summed E-state index contributed by atoms with van der Waals surface area (Å²) in [5, 5.41) is 0. The predicted octanol–water partition coefficient (Wildman–Crippen LogP) is 2.31. The van der Waals surface area contributed by atoms with Gasteiger partial charge in [0.05, 0.1) is 0 Å². The van der Waals surface area contributed by atoms with Crippen molar-refractivity contribution < 1.29 is 21.1 Å². The van der Waals surface area contributed by atoms with Crippen LogP contribution >= 0.6 is 24.4 Å². The van der Waals surface area contributed by atoms with Gasteiger partial charge in [0.2, 0.25) is 0 Å². The summed E-state index contributed by atoms with van der Waals surface area (Å²) in [6, 6.07) is 0. The van der Waals surface area contributed by atoms with E-state index >= 15 is 0 Å². The van der Waals surface area contributed by atoms with E-state index < -0.39 is 0 Å². The van der Waals surface area contributed by atoms with Crippen molar-refractivity contribution in [3.63, 3.8) is 0 Å². The fraction of sp³-hybridized carbons (Fsp3) is 0.800.